The van der Waals surface area contributed by atoms with Crippen LogP contribution in [-0.4, -0.2) is 17.4 Å². The monoisotopic (exact) mass is 399 g/mol. The molecule has 0 fully saturated rings. The van der Waals surface area contributed by atoms with Gasteiger partial charge >= 0.3 is 0 Å². The third-order valence-electron chi connectivity index (χ3n) is 4.85. The predicted molar refractivity (Wildman–Crippen MR) is 126 cm³/mol. The summed E-state index contributed by atoms with van der Waals surface area (Å²) in [6.07, 6.45) is 8.68. The van der Waals surface area contributed by atoms with Crippen LogP contribution in [0.1, 0.15) is 47.3 Å². The Bertz CT molecular complexity index is 1010. The number of nitrogens with one attached hydrogen (secondary N) is 2. The van der Waals surface area contributed by atoms with Crippen molar-refractivity contribution in [2.75, 3.05) is 11.9 Å². The summed E-state index contributed by atoms with van der Waals surface area (Å²) < 4.78 is 0. The summed E-state index contributed by atoms with van der Waals surface area (Å²) in [5.41, 5.74) is 5.87. The minimum Gasteiger partial charge on any atom is -0.355 e. The summed E-state index contributed by atoms with van der Waals surface area (Å²) in [4.78, 5) is 16.5. The first kappa shape index (κ1) is 21.3. The van der Waals surface area contributed by atoms with E-state index in [1.165, 1.54) is 0 Å². The van der Waals surface area contributed by atoms with Crippen molar-refractivity contribution in [3.63, 3.8) is 0 Å². The van der Waals surface area contributed by atoms with Crippen molar-refractivity contribution in [3.8, 4) is 0 Å². The average molecular weight is 400 g/mol. The topological polar surface area (TPSA) is 54.0 Å². The van der Waals surface area contributed by atoms with Crippen molar-refractivity contribution in [1.29, 1.82) is 0 Å². The second-order valence-corrected chi connectivity index (χ2v) is 7.83. The molecule has 1 amide bonds. The number of aryl methyl sites for hydroxylation is 1. The molecule has 0 radical (unpaired) electrons. The number of anilines is 2. The van der Waals surface area contributed by atoms with Crippen LogP contribution in [0.2, 0.25) is 0 Å². The van der Waals surface area contributed by atoms with Crippen LogP contribution >= 0.6 is 0 Å². The Morgan fingerprint density at radius 1 is 1.00 bits per heavy atom. The van der Waals surface area contributed by atoms with Gasteiger partial charge in [-0.3, -0.25) is 9.78 Å². The maximum atomic E-state index is 12.5. The van der Waals surface area contributed by atoms with Crippen molar-refractivity contribution in [1.82, 2.24) is 10.3 Å². The molecule has 0 unspecified atom stereocenters. The van der Waals surface area contributed by atoms with Gasteiger partial charge in [0.05, 0.1) is 0 Å². The Balaban J connectivity index is 1.71. The summed E-state index contributed by atoms with van der Waals surface area (Å²) in [6, 6.07) is 17.9. The van der Waals surface area contributed by atoms with Crippen LogP contribution in [0.3, 0.4) is 0 Å². The summed E-state index contributed by atoms with van der Waals surface area (Å²) >= 11 is 0. The molecule has 0 bridgehead atoms. The fraction of sp³-hybridized carbons (Fsp3) is 0.231. The highest BCUT2D eigenvalue weighted by Crippen LogP contribution is 2.23. The molecule has 0 atom stereocenters. The Kier molecular flexibility index (Phi) is 7.39. The molecule has 3 aromatic rings. The van der Waals surface area contributed by atoms with Crippen molar-refractivity contribution in [2.24, 2.45) is 5.92 Å². The quantitative estimate of drug-likeness (QED) is 0.483. The van der Waals surface area contributed by atoms with Gasteiger partial charge < -0.3 is 10.6 Å². The van der Waals surface area contributed by atoms with E-state index in [9.17, 15) is 4.79 Å². The standard InChI is InChI=1S/C26H29N3O/c1-19(2)11-16-28-26(30)23-10-7-20(3)25(18-23)29-24-6-4-5-22(17-24)9-8-21-12-14-27-15-13-21/h4-10,12-15,17-19,29H,11,16H2,1-3H3,(H,28,30). The Morgan fingerprint density at radius 3 is 2.53 bits per heavy atom. The summed E-state index contributed by atoms with van der Waals surface area (Å²) in [5.74, 6) is 0.535. The zero-order valence-corrected chi connectivity index (χ0v) is 17.9. The van der Waals surface area contributed by atoms with E-state index in [1.54, 1.807) is 12.4 Å². The number of pyridine rings is 1. The first-order valence-corrected chi connectivity index (χ1v) is 10.4. The molecule has 2 aromatic carbocycles. The maximum Gasteiger partial charge on any atom is 0.251 e. The lowest BCUT2D eigenvalue weighted by Gasteiger charge is -2.13. The fourth-order valence-electron chi connectivity index (χ4n) is 3.02. The Hall–Kier alpha value is -3.40. The maximum absolute atomic E-state index is 12.5. The molecule has 0 saturated carbocycles. The van der Waals surface area contributed by atoms with Crippen molar-refractivity contribution in [2.45, 2.75) is 27.2 Å². The normalized spacial score (nSPS) is 11.1. The molecule has 3 rings (SSSR count). The van der Waals surface area contributed by atoms with E-state index in [0.717, 1.165) is 34.5 Å². The molecule has 4 nitrogen and oxygen atoms in total. The van der Waals surface area contributed by atoms with E-state index in [2.05, 4.69) is 53.7 Å². The van der Waals surface area contributed by atoms with Crippen molar-refractivity contribution in [3.05, 3.63) is 89.2 Å². The third kappa shape index (κ3) is 6.31. The highest BCUT2D eigenvalue weighted by molar-refractivity contribution is 5.95. The lowest BCUT2D eigenvalue weighted by Crippen LogP contribution is -2.25. The second kappa shape index (κ2) is 10.4. The van der Waals surface area contributed by atoms with Gasteiger partial charge in [-0.15, -0.1) is 0 Å². The lowest BCUT2D eigenvalue weighted by atomic mass is 10.1. The molecule has 0 spiro atoms. The lowest BCUT2D eigenvalue weighted by molar-refractivity contribution is 0.0952. The molecule has 154 valence electrons. The zero-order valence-electron chi connectivity index (χ0n) is 17.9. The summed E-state index contributed by atoms with van der Waals surface area (Å²) in [6.45, 7) is 7.04. The van der Waals surface area contributed by atoms with E-state index >= 15 is 0 Å². The van der Waals surface area contributed by atoms with Crippen LogP contribution in [0.4, 0.5) is 11.4 Å². The van der Waals surface area contributed by atoms with Crippen LogP contribution in [0.5, 0.6) is 0 Å². The van der Waals surface area contributed by atoms with Gasteiger partial charge in [0.15, 0.2) is 0 Å². The van der Waals surface area contributed by atoms with E-state index in [-0.39, 0.29) is 5.91 Å². The molecule has 4 heteroatoms. The highest BCUT2D eigenvalue weighted by Gasteiger charge is 2.08. The molecule has 1 heterocycles. The summed E-state index contributed by atoms with van der Waals surface area (Å²) in [5, 5.41) is 6.46. The van der Waals surface area contributed by atoms with Gasteiger partial charge in [-0.05, 0) is 72.4 Å². The number of rotatable bonds is 8. The number of benzene rings is 2. The molecule has 0 aliphatic heterocycles. The Morgan fingerprint density at radius 2 is 1.77 bits per heavy atom. The fourth-order valence-corrected chi connectivity index (χ4v) is 3.02. The summed E-state index contributed by atoms with van der Waals surface area (Å²) in [7, 11) is 0. The van der Waals surface area contributed by atoms with E-state index in [1.807, 2.05) is 49.4 Å². The van der Waals surface area contributed by atoms with Gasteiger partial charge in [0.1, 0.15) is 0 Å². The predicted octanol–water partition coefficient (Wildman–Crippen LogP) is 6.08. The largest absolute Gasteiger partial charge is 0.355 e. The van der Waals surface area contributed by atoms with Crippen LogP contribution < -0.4 is 10.6 Å². The number of aromatic nitrogens is 1. The van der Waals surface area contributed by atoms with Gasteiger partial charge in [-0.25, -0.2) is 0 Å². The zero-order chi connectivity index (χ0) is 21.3. The van der Waals surface area contributed by atoms with Crippen LogP contribution in [-0.2, 0) is 0 Å². The molecule has 2 N–H and O–H groups in total. The first-order valence-electron chi connectivity index (χ1n) is 10.4. The van der Waals surface area contributed by atoms with Crippen molar-refractivity contribution < 1.29 is 4.79 Å². The van der Waals surface area contributed by atoms with Crippen molar-refractivity contribution >= 4 is 29.4 Å². The van der Waals surface area contributed by atoms with Crippen LogP contribution in [0.15, 0.2) is 67.0 Å². The number of hydrogen-bond acceptors (Lipinski definition) is 3. The minimum absolute atomic E-state index is 0.0345. The van der Waals surface area contributed by atoms with E-state index < -0.39 is 0 Å². The number of nitrogens with zero attached hydrogens (tertiary/aromatic N) is 1. The molecule has 0 aliphatic rings. The number of hydrogen-bond donors (Lipinski definition) is 2. The number of carbonyl (C=O) groups excluding carboxylic acids is 1. The van der Waals surface area contributed by atoms with E-state index in [0.29, 0.717) is 18.0 Å². The number of amides is 1. The molecule has 0 saturated heterocycles. The van der Waals surface area contributed by atoms with Gasteiger partial charge in [-0.1, -0.05) is 44.2 Å². The van der Waals surface area contributed by atoms with Gasteiger partial charge in [-0.2, -0.15) is 0 Å². The van der Waals surface area contributed by atoms with Crippen LogP contribution in [0, 0.1) is 12.8 Å². The molecule has 0 aliphatic carbocycles. The molecular weight excluding hydrogens is 370 g/mol. The minimum atomic E-state index is -0.0345. The van der Waals surface area contributed by atoms with Gasteiger partial charge in [0.25, 0.3) is 5.91 Å². The number of carbonyl (C=O) groups is 1. The average Bonchev–Trinajstić information content (AvgIpc) is 2.74. The Labute approximate surface area is 179 Å². The van der Waals surface area contributed by atoms with Gasteiger partial charge in [0.2, 0.25) is 0 Å². The first-order chi connectivity index (χ1) is 14.5. The smallest absolute Gasteiger partial charge is 0.251 e. The van der Waals surface area contributed by atoms with Crippen LogP contribution in [0.25, 0.3) is 12.2 Å². The highest BCUT2D eigenvalue weighted by atomic mass is 16.1. The molecule has 30 heavy (non-hydrogen) atoms. The van der Waals surface area contributed by atoms with E-state index in [4.69, 9.17) is 0 Å². The molecule has 1 aromatic heterocycles. The SMILES string of the molecule is Cc1ccc(C(=O)NCCC(C)C)cc1Nc1cccc(C=Cc2ccncc2)c1. The third-order valence-corrected chi connectivity index (χ3v) is 4.85. The molecular formula is C26H29N3O. The second-order valence-electron chi connectivity index (χ2n) is 7.83. The van der Waals surface area contributed by atoms with Gasteiger partial charge in [0, 0.05) is 35.9 Å².